The normalized spacial score (nSPS) is 18.4. The Balaban J connectivity index is 0.00000121. The van der Waals surface area contributed by atoms with Gasteiger partial charge < -0.3 is 5.32 Å². The van der Waals surface area contributed by atoms with Crippen LogP contribution in [-0.2, 0) is 6.54 Å². The molecule has 2 heterocycles. The third-order valence-corrected chi connectivity index (χ3v) is 4.58. The highest BCUT2D eigenvalue weighted by Crippen LogP contribution is 2.26. The molecule has 0 aliphatic carbocycles. The molecule has 1 atom stereocenters. The van der Waals surface area contributed by atoms with E-state index < -0.39 is 0 Å². The number of aromatic nitrogens is 1. The Labute approximate surface area is 146 Å². The number of hydrogen-bond acceptors (Lipinski definition) is 4. The molecule has 2 aromatic rings. The van der Waals surface area contributed by atoms with Gasteiger partial charge in [-0.3, -0.25) is 4.90 Å². The van der Waals surface area contributed by atoms with Gasteiger partial charge in [0.25, 0.3) is 0 Å². The Hall–Kier alpha value is -0.720. The van der Waals surface area contributed by atoms with Crippen molar-refractivity contribution >= 4 is 36.2 Å². The zero-order valence-corrected chi connectivity index (χ0v) is 14.7. The van der Waals surface area contributed by atoms with Gasteiger partial charge >= 0.3 is 0 Å². The van der Waals surface area contributed by atoms with Crippen LogP contribution in [0.15, 0.2) is 29.6 Å². The first-order valence-corrected chi connectivity index (χ1v) is 7.76. The lowest BCUT2D eigenvalue weighted by atomic mass is 10.2. The predicted molar refractivity (Wildman–Crippen MR) is 94.7 cm³/mol. The molecule has 3 rings (SSSR count). The first-order valence-electron chi connectivity index (χ1n) is 6.88. The minimum atomic E-state index is -0.205. The second-order valence-electron chi connectivity index (χ2n) is 5.15. The van der Waals surface area contributed by atoms with E-state index in [9.17, 15) is 4.39 Å². The van der Waals surface area contributed by atoms with Crippen LogP contribution in [0, 0.1) is 5.82 Å². The lowest BCUT2D eigenvalue weighted by Crippen LogP contribution is -2.49. The van der Waals surface area contributed by atoms with Crippen LogP contribution in [0.2, 0.25) is 0 Å². The van der Waals surface area contributed by atoms with Crippen LogP contribution in [0.3, 0.4) is 0 Å². The second-order valence-corrected chi connectivity index (χ2v) is 6.01. The van der Waals surface area contributed by atoms with Gasteiger partial charge in [-0.15, -0.1) is 36.2 Å². The van der Waals surface area contributed by atoms with Gasteiger partial charge in [-0.05, 0) is 19.1 Å². The van der Waals surface area contributed by atoms with Crippen molar-refractivity contribution < 1.29 is 4.39 Å². The quantitative estimate of drug-likeness (QED) is 0.902. The van der Waals surface area contributed by atoms with E-state index in [-0.39, 0.29) is 30.6 Å². The Morgan fingerprint density at radius 2 is 2.14 bits per heavy atom. The maximum Gasteiger partial charge on any atom is 0.133 e. The van der Waals surface area contributed by atoms with E-state index in [4.69, 9.17) is 0 Å². The number of nitrogens with zero attached hydrogens (tertiary/aromatic N) is 2. The summed E-state index contributed by atoms with van der Waals surface area (Å²) in [7, 11) is 0. The van der Waals surface area contributed by atoms with Crippen LogP contribution < -0.4 is 5.32 Å². The summed E-state index contributed by atoms with van der Waals surface area (Å²) >= 11 is 1.51. The molecule has 1 N–H and O–H groups in total. The van der Waals surface area contributed by atoms with Crippen molar-refractivity contribution in [3.63, 3.8) is 0 Å². The predicted octanol–water partition coefficient (Wildman–Crippen LogP) is 3.59. The van der Waals surface area contributed by atoms with Crippen molar-refractivity contribution in [2.45, 2.75) is 19.5 Å². The number of halogens is 3. The van der Waals surface area contributed by atoms with Crippen molar-refractivity contribution in [3.8, 4) is 10.6 Å². The summed E-state index contributed by atoms with van der Waals surface area (Å²) in [6.07, 6.45) is 0. The van der Waals surface area contributed by atoms with Gasteiger partial charge in [0.05, 0.1) is 5.69 Å². The molecule has 1 aromatic carbocycles. The molecule has 1 aromatic heterocycles. The van der Waals surface area contributed by atoms with Gasteiger partial charge in [-0.25, -0.2) is 9.37 Å². The average Bonchev–Trinajstić information content (AvgIpc) is 2.90. The third-order valence-electron chi connectivity index (χ3n) is 3.66. The molecule has 0 unspecified atom stereocenters. The molecule has 0 radical (unpaired) electrons. The van der Waals surface area contributed by atoms with Crippen LogP contribution in [0.4, 0.5) is 4.39 Å². The number of rotatable bonds is 3. The molecule has 1 aliphatic heterocycles. The maximum atomic E-state index is 13.8. The van der Waals surface area contributed by atoms with E-state index in [1.165, 1.54) is 17.4 Å². The Bertz CT molecular complexity index is 594. The van der Waals surface area contributed by atoms with Crippen molar-refractivity contribution in [2.75, 3.05) is 19.6 Å². The first kappa shape index (κ1) is 19.3. The summed E-state index contributed by atoms with van der Waals surface area (Å²) in [4.78, 5) is 7.00. The zero-order valence-electron chi connectivity index (χ0n) is 12.3. The maximum absolute atomic E-state index is 13.8. The highest BCUT2D eigenvalue weighted by molar-refractivity contribution is 7.13. The fourth-order valence-electron chi connectivity index (χ4n) is 2.46. The first-order chi connectivity index (χ1) is 9.74. The largest absolute Gasteiger partial charge is 0.314 e. The lowest BCUT2D eigenvalue weighted by molar-refractivity contribution is 0.164. The summed E-state index contributed by atoms with van der Waals surface area (Å²) in [6.45, 7) is 6.14. The SMILES string of the molecule is C[C@H]1CNCCN1Cc1csc(-c2ccccc2F)n1.Cl.Cl. The smallest absolute Gasteiger partial charge is 0.133 e. The molecule has 122 valence electrons. The van der Waals surface area contributed by atoms with Gasteiger partial charge in [0.1, 0.15) is 10.8 Å². The highest BCUT2D eigenvalue weighted by Gasteiger charge is 2.19. The molecule has 22 heavy (non-hydrogen) atoms. The summed E-state index contributed by atoms with van der Waals surface area (Å²) in [5.74, 6) is -0.205. The summed E-state index contributed by atoms with van der Waals surface area (Å²) in [6, 6.07) is 7.33. The number of nitrogens with one attached hydrogen (secondary N) is 1. The van der Waals surface area contributed by atoms with Gasteiger partial charge in [-0.2, -0.15) is 0 Å². The van der Waals surface area contributed by atoms with Crippen LogP contribution in [0.1, 0.15) is 12.6 Å². The van der Waals surface area contributed by atoms with Crippen molar-refractivity contribution in [1.82, 2.24) is 15.2 Å². The standard InChI is InChI=1S/C15H18FN3S.2ClH/c1-11-8-17-6-7-19(11)9-12-10-20-15(18-12)13-4-2-3-5-14(13)16;;/h2-5,10-11,17H,6-9H2,1H3;2*1H/t11-;;/m0../s1. The molecule has 0 amide bonds. The van der Waals surface area contributed by atoms with Gasteiger partial charge in [0, 0.05) is 43.2 Å². The molecule has 0 bridgehead atoms. The van der Waals surface area contributed by atoms with E-state index in [1.54, 1.807) is 12.1 Å². The Morgan fingerprint density at radius 1 is 1.36 bits per heavy atom. The minimum Gasteiger partial charge on any atom is -0.314 e. The van der Waals surface area contributed by atoms with E-state index in [2.05, 4.69) is 22.1 Å². The fourth-order valence-corrected chi connectivity index (χ4v) is 3.30. The number of piperazine rings is 1. The van der Waals surface area contributed by atoms with Gasteiger partial charge in [0.2, 0.25) is 0 Å². The molecular formula is C15H20Cl2FN3S. The summed E-state index contributed by atoms with van der Waals surface area (Å²) < 4.78 is 13.8. The average molecular weight is 364 g/mol. The van der Waals surface area contributed by atoms with Crippen molar-refractivity contribution in [1.29, 1.82) is 0 Å². The molecular weight excluding hydrogens is 344 g/mol. The van der Waals surface area contributed by atoms with Crippen LogP contribution >= 0.6 is 36.2 Å². The van der Waals surface area contributed by atoms with Crippen molar-refractivity contribution in [2.24, 2.45) is 0 Å². The van der Waals surface area contributed by atoms with E-state index in [1.807, 2.05) is 11.4 Å². The third kappa shape index (κ3) is 4.40. The summed E-state index contributed by atoms with van der Waals surface area (Å²) in [5, 5.41) is 6.18. The molecule has 3 nitrogen and oxygen atoms in total. The fraction of sp³-hybridized carbons (Fsp3) is 0.400. The van der Waals surface area contributed by atoms with Gasteiger partial charge in [0.15, 0.2) is 0 Å². The van der Waals surface area contributed by atoms with E-state index in [0.717, 1.165) is 36.9 Å². The molecule has 7 heteroatoms. The lowest BCUT2D eigenvalue weighted by Gasteiger charge is -2.33. The number of hydrogen-bond donors (Lipinski definition) is 1. The Kier molecular flexibility index (Phi) is 7.72. The van der Waals surface area contributed by atoms with E-state index >= 15 is 0 Å². The van der Waals surface area contributed by atoms with Crippen LogP contribution in [-0.4, -0.2) is 35.6 Å². The van der Waals surface area contributed by atoms with Crippen LogP contribution in [0.25, 0.3) is 10.6 Å². The minimum absolute atomic E-state index is 0. The topological polar surface area (TPSA) is 28.2 Å². The molecule has 1 saturated heterocycles. The Morgan fingerprint density at radius 3 is 2.86 bits per heavy atom. The van der Waals surface area contributed by atoms with Crippen molar-refractivity contribution in [3.05, 3.63) is 41.2 Å². The molecule has 1 fully saturated rings. The molecule has 1 aliphatic rings. The molecule has 0 saturated carbocycles. The van der Waals surface area contributed by atoms with E-state index in [0.29, 0.717) is 11.6 Å². The highest BCUT2D eigenvalue weighted by atomic mass is 35.5. The number of benzene rings is 1. The number of thiazole rings is 1. The second kappa shape index (κ2) is 8.79. The summed E-state index contributed by atoms with van der Waals surface area (Å²) in [5.41, 5.74) is 1.62. The molecule has 0 spiro atoms. The zero-order chi connectivity index (χ0) is 13.9. The monoisotopic (exact) mass is 363 g/mol. The van der Waals surface area contributed by atoms with Crippen LogP contribution in [0.5, 0.6) is 0 Å². The van der Waals surface area contributed by atoms with Gasteiger partial charge in [-0.1, -0.05) is 12.1 Å².